The van der Waals surface area contributed by atoms with Gasteiger partial charge in [0, 0.05) is 18.0 Å². The van der Waals surface area contributed by atoms with Gasteiger partial charge in [-0.15, -0.1) is 25.6 Å². The Morgan fingerprint density at radius 3 is 2.42 bits per heavy atom. The zero-order chi connectivity index (χ0) is 21.7. The Morgan fingerprint density at radius 2 is 1.77 bits per heavy atom. The number of aromatic nitrogens is 5. The van der Waals surface area contributed by atoms with Crippen molar-refractivity contribution < 1.29 is 17.9 Å². The second-order valence-corrected chi connectivity index (χ2v) is 8.00. The molecule has 1 N–H and O–H groups in total. The lowest BCUT2D eigenvalue weighted by Gasteiger charge is -2.13. The lowest BCUT2D eigenvalue weighted by atomic mass is 9.92. The average Bonchev–Trinajstić information content (AvgIpc) is 3.23. The fourth-order valence-corrected chi connectivity index (χ4v) is 3.13. The standard InChI is InChI=1S/C21H20F3N5O.ClH/c1-20(2,3)18-10-16(29(4)28-18)19-26-14-9-13(25-11-15(14)27-19)12-7-5-6-8-17(12)30-21(22,23)24;/h5-11H,1-4H3,(H,26,27);1H. The number of benzene rings is 1. The minimum Gasteiger partial charge on any atom is -0.405 e. The SMILES string of the molecule is Cl.Cn1nc(C(C)(C)C)cc1-c1nc2cc(-c3ccccc3OC(F)(F)F)ncc2[nH]1. The number of para-hydroxylation sites is 1. The van der Waals surface area contributed by atoms with Gasteiger partial charge in [-0.2, -0.15) is 5.10 Å². The summed E-state index contributed by atoms with van der Waals surface area (Å²) >= 11 is 0. The van der Waals surface area contributed by atoms with Crippen molar-refractivity contribution in [2.45, 2.75) is 32.5 Å². The fraction of sp³-hybridized carbons (Fsp3) is 0.286. The average molecular weight is 452 g/mol. The number of aromatic amines is 1. The summed E-state index contributed by atoms with van der Waals surface area (Å²) in [5, 5.41) is 4.56. The molecule has 0 amide bonds. The van der Waals surface area contributed by atoms with Gasteiger partial charge in [-0.05, 0) is 24.3 Å². The van der Waals surface area contributed by atoms with E-state index in [9.17, 15) is 13.2 Å². The van der Waals surface area contributed by atoms with Crippen LogP contribution >= 0.6 is 12.4 Å². The topological polar surface area (TPSA) is 68.6 Å². The number of nitrogens with zero attached hydrogens (tertiary/aromatic N) is 4. The lowest BCUT2D eigenvalue weighted by Crippen LogP contribution is -2.17. The molecule has 0 saturated carbocycles. The number of aryl methyl sites for hydroxylation is 1. The number of nitrogens with one attached hydrogen (secondary N) is 1. The molecule has 4 rings (SSSR count). The van der Waals surface area contributed by atoms with Gasteiger partial charge in [-0.1, -0.05) is 32.9 Å². The Balaban J connectivity index is 0.00000272. The van der Waals surface area contributed by atoms with Gasteiger partial charge in [-0.3, -0.25) is 9.67 Å². The van der Waals surface area contributed by atoms with Crippen LogP contribution in [0.25, 0.3) is 33.8 Å². The highest BCUT2D eigenvalue weighted by atomic mass is 35.5. The zero-order valence-electron chi connectivity index (χ0n) is 17.3. The van der Waals surface area contributed by atoms with Crippen LogP contribution in [-0.4, -0.2) is 31.1 Å². The van der Waals surface area contributed by atoms with Gasteiger partial charge in [-0.25, -0.2) is 4.98 Å². The Morgan fingerprint density at radius 1 is 1.06 bits per heavy atom. The van der Waals surface area contributed by atoms with E-state index in [0.717, 1.165) is 11.4 Å². The molecule has 6 nitrogen and oxygen atoms in total. The molecule has 0 radical (unpaired) electrons. The van der Waals surface area contributed by atoms with E-state index in [1.807, 2.05) is 13.1 Å². The molecule has 0 aliphatic heterocycles. The Bertz CT molecular complexity index is 1220. The summed E-state index contributed by atoms with van der Waals surface area (Å²) in [6.45, 7) is 6.23. The minimum absolute atomic E-state index is 0. The van der Waals surface area contributed by atoms with Crippen molar-refractivity contribution in [1.29, 1.82) is 0 Å². The molecule has 0 fully saturated rings. The van der Waals surface area contributed by atoms with Crippen molar-refractivity contribution in [2.75, 3.05) is 0 Å². The van der Waals surface area contributed by atoms with Crippen LogP contribution in [0.1, 0.15) is 26.5 Å². The number of H-pyrrole nitrogens is 1. The lowest BCUT2D eigenvalue weighted by molar-refractivity contribution is -0.274. The van der Waals surface area contributed by atoms with E-state index in [1.165, 1.54) is 18.2 Å². The van der Waals surface area contributed by atoms with Crippen LogP contribution in [0.5, 0.6) is 5.75 Å². The smallest absolute Gasteiger partial charge is 0.405 e. The molecule has 0 aliphatic rings. The highest BCUT2D eigenvalue weighted by Gasteiger charge is 2.32. The molecule has 10 heteroatoms. The second kappa shape index (κ2) is 7.88. The number of halogens is 4. The van der Waals surface area contributed by atoms with Gasteiger partial charge in [0.2, 0.25) is 0 Å². The van der Waals surface area contributed by atoms with Gasteiger partial charge in [0.05, 0.1) is 28.6 Å². The number of hydrogen-bond donors (Lipinski definition) is 1. The van der Waals surface area contributed by atoms with E-state index in [4.69, 9.17) is 0 Å². The summed E-state index contributed by atoms with van der Waals surface area (Å²) in [5.74, 6) is 0.295. The Labute approximate surface area is 182 Å². The molecule has 0 saturated heterocycles. The molecule has 3 heterocycles. The number of hydrogen-bond acceptors (Lipinski definition) is 4. The first-order valence-corrected chi connectivity index (χ1v) is 9.27. The van der Waals surface area contributed by atoms with Crippen molar-refractivity contribution in [3.8, 4) is 28.5 Å². The predicted molar refractivity (Wildman–Crippen MR) is 114 cm³/mol. The summed E-state index contributed by atoms with van der Waals surface area (Å²) in [7, 11) is 1.84. The maximum atomic E-state index is 12.7. The van der Waals surface area contributed by atoms with Crippen LogP contribution in [0.15, 0.2) is 42.6 Å². The zero-order valence-corrected chi connectivity index (χ0v) is 18.1. The number of rotatable bonds is 3. The monoisotopic (exact) mass is 451 g/mol. The first-order valence-electron chi connectivity index (χ1n) is 9.27. The van der Waals surface area contributed by atoms with Crippen molar-refractivity contribution in [3.63, 3.8) is 0 Å². The molecule has 0 atom stereocenters. The third-order valence-corrected chi connectivity index (χ3v) is 4.65. The van der Waals surface area contributed by atoms with E-state index in [2.05, 4.69) is 45.6 Å². The fourth-order valence-electron chi connectivity index (χ4n) is 3.13. The Kier molecular flexibility index (Phi) is 5.75. The first kappa shape index (κ1) is 22.6. The van der Waals surface area contributed by atoms with E-state index in [0.29, 0.717) is 22.6 Å². The molecule has 31 heavy (non-hydrogen) atoms. The summed E-state index contributed by atoms with van der Waals surface area (Å²) in [4.78, 5) is 12.1. The molecule has 0 unspecified atom stereocenters. The van der Waals surface area contributed by atoms with Crippen LogP contribution in [0.4, 0.5) is 13.2 Å². The second-order valence-electron chi connectivity index (χ2n) is 8.00. The number of alkyl halides is 3. The predicted octanol–water partition coefficient (Wildman–Crippen LogP) is 5.64. The van der Waals surface area contributed by atoms with Gasteiger partial charge in [0.25, 0.3) is 0 Å². The molecular weight excluding hydrogens is 431 g/mol. The third kappa shape index (κ3) is 4.66. The number of ether oxygens (including phenoxy) is 1. The molecule has 0 aliphatic carbocycles. The van der Waals surface area contributed by atoms with Gasteiger partial charge >= 0.3 is 6.36 Å². The van der Waals surface area contributed by atoms with Crippen LogP contribution < -0.4 is 4.74 Å². The van der Waals surface area contributed by atoms with Crippen molar-refractivity contribution >= 4 is 23.4 Å². The van der Waals surface area contributed by atoms with Crippen molar-refractivity contribution in [1.82, 2.24) is 24.7 Å². The molecule has 3 aromatic heterocycles. The van der Waals surface area contributed by atoms with Crippen LogP contribution in [0, 0.1) is 0 Å². The van der Waals surface area contributed by atoms with Crippen LogP contribution in [0.3, 0.4) is 0 Å². The highest BCUT2D eigenvalue weighted by Crippen LogP contribution is 2.34. The van der Waals surface area contributed by atoms with E-state index < -0.39 is 6.36 Å². The Hall–Kier alpha value is -3.07. The maximum Gasteiger partial charge on any atom is 0.573 e. The molecule has 0 spiro atoms. The van der Waals surface area contributed by atoms with Crippen molar-refractivity contribution in [2.24, 2.45) is 7.05 Å². The van der Waals surface area contributed by atoms with Gasteiger partial charge in [0.1, 0.15) is 11.4 Å². The molecule has 164 valence electrons. The summed E-state index contributed by atoms with van der Waals surface area (Å²) in [6.07, 6.45) is -3.24. The third-order valence-electron chi connectivity index (χ3n) is 4.65. The first-order chi connectivity index (χ1) is 14.0. The minimum atomic E-state index is -4.79. The number of imidazole rings is 1. The summed E-state index contributed by atoms with van der Waals surface area (Å²) in [5.41, 5.74) is 3.43. The van der Waals surface area contributed by atoms with Gasteiger partial charge in [0.15, 0.2) is 5.82 Å². The molecule has 1 aromatic carbocycles. The van der Waals surface area contributed by atoms with E-state index in [1.54, 1.807) is 23.0 Å². The highest BCUT2D eigenvalue weighted by molar-refractivity contribution is 5.85. The number of pyridine rings is 1. The van der Waals surface area contributed by atoms with Crippen molar-refractivity contribution in [3.05, 3.63) is 48.3 Å². The summed E-state index contributed by atoms with van der Waals surface area (Å²) in [6, 6.07) is 9.50. The van der Waals surface area contributed by atoms with Crippen LogP contribution in [-0.2, 0) is 12.5 Å². The molecular formula is C21H21ClF3N5O. The summed E-state index contributed by atoms with van der Waals surface area (Å²) < 4.78 is 44.1. The van der Waals surface area contributed by atoms with Gasteiger partial charge < -0.3 is 9.72 Å². The number of fused-ring (bicyclic) bond motifs is 1. The van der Waals surface area contributed by atoms with Crippen LogP contribution in [0.2, 0.25) is 0 Å². The maximum absolute atomic E-state index is 12.7. The van der Waals surface area contributed by atoms with E-state index in [-0.39, 0.29) is 29.1 Å². The molecule has 0 bridgehead atoms. The quantitative estimate of drug-likeness (QED) is 0.437. The van der Waals surface area contributed by atoms with E-state index >= 15 is 0 Å². The molecule has 4 aromatic rings. The normalized spacial score (nSPS) is 12.1. The largest absolute Gasteiger partial charge is 0.573 e.